The highest BCUT2D eigenvalue weighted by Gasteiger charge is 2.35. The van der Waals surface area contributed by atoms with Gasteiger partial charge >= 0.3 is 0 Å². The Bertz CT molecular complexity index is 1500. The Hall–Kier alpha value is -2.78. The fraction of sp³-hybridized carbons (Fsp3) is 0.355. The first kappa shape index (κ1) is 32.1. The summed E-state index contributed by atoms with van der Waals surface area (Å²) < 4.78 is 28.9. The highest BCUT2D eigenvalue weighted by molar-refractivity contribution is 7.92. The second-order valence-corrected chi connectivity index (χ2v) is 13.3. The van der Waals surface area contributed by atoms with E-state index < -0.39 is 28.5 Å². The molecule has 2 amide bonds. The maximum absolute atomic E-state index is 14.2. The van der Waals surface area contributed by atoms with Gasteiger partial charge in [-0.3, -0.25) is 13.9 Å². The quantitative estimate of drug-likeness (QED) is 0.240. The van der Waals surface area contributed by atoms with E-state index in [9.17, 15) is 18.0 Å². The summed E-state index contributed by atoms with van der Waals surface area (Å²) in [5.74, 6) is -0.862. The molecule has 0 heterocycles. The molecule has 7 nitrogen and oxygen atoms in total. The highest BCUT2D eigenvalue weighted by Crippen LogP contribution is 2.35. The molecule has 0 bridgehead atoms. The van der Waals surface area contributed by atoms with Crippen LogP contribution in [0.2, 0.25) is 15.1 Å². The Kier molecular flexibility index (Phi) is 11.2. The summed E-state index contributed by atoms with van der Waals surface area (Å²) in [6.45, 7) is 1.22. The van der Waals surface area contributed by atoms with Crippen LogP contribution in [-0.4, -0.2) is 43.8 Å². The first-order valence-corrected chi connectivity index (χ1v) is 16.6. The molecule has 42 heavy (non-hydrogen) atoms. The molecule has 4 rings (SSSR count). The van der Waals surface area contributed by atoms with Crippen molar-refractivity contribution in [3.05, 3.63) is 93.4 Å². The number of rotatable bonds is 11. The molecular weight excluding hydrogens is 617 g/mol. The topological polar surface area (TPSA) is 86.8 Å². The average Bonchev–Trinajstić information content (AvgIpc) is 2.99. The zero-order chi connectivity index (χ0) is 30.3. The van der Waals surface area contributed by atoms with Gasteiger partial charge in [-0.15, -0.1) is 0 Å². The zero-order valence-electron chi connectivity index (χ0n) is 23.3. The van der Waals surface area contributed by atoms with E-state index in [0.717, 1.165) is 36.4 Å². The Labute approximate surface area is 262 Å². The molecule has 0 aliphatic heterocycles. The third-order valence-electron chi connectivity index (χ3n) is 7.45. The van der Waals surface area contributed by atoms with Crippen LogP contribution in [-0.2, 0) is 26.2 Å². The summed E-state index contributed by atoms with van der Waals surface area (Å²) in [6, 6.07) is 18.6. The normalized spacial score (nSPS) is 14.7. The summed E-state index contributed by atoms with van der Waals surface area (Å²) in [5.41, 5.74) is 0.688. The molecule has 1 aliphatic rings. The monoisotopic (exact) mass is 649 g/mol. The van der Waals surface area contributed by atoms with E-state index in [-0.39, 0.29) is 39.1 Å². The van der Waals surface area contributed by atoms with Gasteiger partial charge in [0.2, 0.25) is 11.8 Å². The third-order valence-corrected chi connectivity index (χ3v) is 10.4. The van der Waals surface area contributed by atoms with Crippen molar-refractivity contribution in [2.75, 3.05) is 10.8 Å². The first-order chi connectivity index (χ1) is 20.1. The first-order valence-electron chi connectivity index (χ1n) is 14.0. The summed E-state index contributed by atoms with van der Waals surface area (Å²) in [6.07, 6.45) is 5.30. The molecule has 3 aromatic carbocycles. The van der Waals surface area contributed by atoms with Gasteiger partial charge in [-0.05, 0) is 55.2 Å². The van der Waals surface area contributed by atoms with Crippen LogP contribution >= 0.6 is 34.8 Å². The lowest BCUT2D eigenvalue weighted by Gasteiger charge is -2.34. The minimum Gasteiger partial charge on any atom is -0.352 e. The lowest BCUT2D eigenvalue weighted by Crippen LogP contribution is -2.54. The maximum Gasteiger partial charge on any atom is 0.264 e. The summed E-state index contributed by atoms with van der Waals surface area (Å²) >= 11 is 19.2. The molecule has 3 aromatic rings. The van der Waals surface area contributed by atoms with Crippen molar-refractivity contribution in [1.29, 1.82) is 0 Å². The number of hydrogen-bond donors (Lipinski definition) is 1. The van der Waals surface area contributed by atoms with E-state index in [1.54, 1.807) is 48.5 Å². The van der Waals surface area contributed by atoms with Gasteiger partial charge < -0.3 is 10.2 Å². The number of amides is 2. The van der Waals surface area contributed by atoms with E-state index in [2.05, 4.69) is 5.32 Å². The molecule has 0 spiro atoms. The maximum atomic E-state index is 14.2. The van der Waals surface area contributed by atoms with Gasteiger partial charge in [0.05, 0.1) is 20.6 Å². The summed E-state index contributed by atoms with van der Waals surface area (Å²) in [5, 5.41) is 3.69. The van der Waals surface area contributed by atoms with Crippen molar-refractivity contribution in [1.82, 2.24) is 10.2 Å². The molecular formula is C31H34Cl3N3O4S. The zero-order valence-corrected chi connectivity index (χ0v) is 26.4. The number of halogens is 3. The molecule has 1 N–H and O–H groups in total. The van der Waals surface area contributed by atoms with E-state index in [0.29, 0.717) is 17.0 Å². The average molecular weight is 651 g/mol. The van der Waals surface area contributed by atoms with E-state index in [1.807, 2.05) is 6.92 Å². The van der Waals surface area contributed by atoms with Crippen LogP contribution < -0.4 is 9.62 Å². The number of carbonyl (C=O) groups is 2. The summed E-state index contributed by atoms with van der Waals surface area (Å²) in [7, 11) is -4.26. The Morgan fingerprint density at radius 3 is 2.19 bits per heavy atom. The fourth-order valence-corrected chi connectivity index (χ4v) is 7.28. The van der Waals surface area contributed by atoms with Crippen molar-refractivity contribution in [2.24, 2.45) is 0 Å². The number of sulfonamides is 1. The van der Waals surface area contributed by atoms with Gasteiger partial charge in [0, 0.05) is 17.6 Å². The number of nitrogens with one attached hydrogen (secondary N) is 1. The Morgan fingerprint density at radius 2 is 1.52 bits per heavy atom. The van der Waals surface area contributed by atoms with Crippen molar-refractivity contribution in [3.8, 4) is 0 Å². The molecule has 0 radical (unpaired) electrons. The second-order valence-electron chi connectivity index (χ2n) is 10.3. The van der Waals surface area contributed by atoms with Gasteiger partial charge in [0.25, 0.3) is 10.0 Å². The highest BCUT2D eigenvalue weighted by atomic mass is 35.5. The third kappa shape index (κ3) is 7.59. The molecule has 1 saturated carbocycles. The molecule has 0 unspecified atom stereocenters. The fourth-order valence-electron chi connectivity index (χ4n) is 5.19. The van der Waals surface area contributed by atoms with E-state index in [1.165, 1.54) is 29.2 Å². The molecule has 0 saturated heterocycles. The molecule has 224 valence electrons. The standard InChI is InChI=1S/C31H34Cl3N3O4S/c1-2-27(31(39)35-23-13-5-3-6-14-23)36(20-22-12-9-10-17-25(22)32)29(38)21-37(28-19-11-18-26(33)30(28)34)42(40,41)24-15-7-4-8-16-24/h4,7-12,15-19,23,27H,2-3,5-6,13-14,20-21H2,1H3,(H,35,39)/t27-/m1/s1. The number of hydrogen-bond acceptors (Lipinski definition) is 4. The van der Waals surface area contributed by atoms with Gasteiger partial charge in [0.15, 0.2) is 0 Å². The van der Waals surface area contributed by atoms with Crippen LogP contribution in [0.5, 0.6) is 0 Å². The van der Waals surface area contributed by atoms with Crippen LogP contribution in [0, 0.1) is 0 Å². The van der Waals surface area contributed by atoms with E-state index in [4.69, 9.17) is 34.8 Å². The lowest BCUT2D eigenvalue weighted by atomic mass is 9.95. The molecule has 1 fully saturated rings. The van der Waals surface area contributed by atoms with Crippen molar-refractivity contribution in [2.45, 2.75) is 69.0 Å². The minimum atomic E-state index is -4.26. The molecule has 1 aliphatic carbocycles. The van der Waals surface area contributed by atoms with Crippen LogP contribution in [0.25, 0.3) is 0 Å². The number of nitrogens with zero attached hydrogens (tertiary/aromatic N) is 2. The van der Waals surface area contributed by atoms with Crippen LogP contribution in [0.15, 0.2) is 77.7 Å². The lowest BCUT2D eigenvalue weighted by molar-refractivity contribution is -0.140. The summed E-state index contributed by atoms with van der Waals surface area (Å²) in [4.78, 5) is 29.3. The largest absolute Gasteiger partial charge is 0.352 e. The van der Waals surface area contributed by atoms with Crippen LogP contribution in [0.3, 0.4) is 0 Å². The smallest absolute Gasteiger partial charge is 0.264 e. The van der Waals surface area contributed by atoms with Crippen molar-refractivity contribution in [3.63, 3.8) is 0 Å². The Balaban J connectivity index is 1.74. The predicted molar refractivity (Wildman–Crippen MR) is 169 cm³/mol. The van der Waals surface area contributed by atoms with Crippen molar-refractivity contribution >= 4 is 62.3 Å². The van der Waals surface area contributed by atoms with Gasteiger partial charge in [-0.2, -0.15) is 0 Å². The predicted octanol–water partition coefficient (Wildman–Crippen LogP) is 7.10. The van der Waals surface area contributed by atoms with E-state index >= 15 is 0 Å². The molecule has 0 aromatic heterocycles. The SMILES string of the molecule is CC[C@H](C(=O)NC1CCCCC1)N(Cc1ccccc1Cl)C(=O)CN(c1cccc(Cl)c1Cl)S(=O)(=O)c1ccccc1. The number of carbonyl (C=O) groups excluding carboxylic acids is 2. The second kappa shape index (κ2) is 14.6. The molecule has 1 atom stereocenters. The van der Waals surface area contributed by atoms with Crippen molar-refractivity contribution < 1.29 is 18.0 Å². The van der Waals surface area contributed by atoms with Gasteiger partial charge in [-0.25, -0.2) is 8.42 Å². The number of benzene rings is 3. The Morgan fingerprint density at radius 1 is 0.881 bits per heavy atom. The molecule has 11 heteroatoms. The van der Waals surface area contributed by atoms with Crippen LogP contribution in [0.4, 0.5) is 5.69 Å². The van der Waals surface area contributed by atoms with Crippen LogP contribution in [0.1, 0.15) is 51.0 Å². The minimum absolute atomic E-state index is 0.00814. The van der Waals surface area contributed by atoms with Gasteiger partial charge in [0.1, 0.15) is 12.6 Å². The number of anilines is 1. The van der Waals surface area contributed by atoms with Gasteiger partial charge in [-0.1, -0.05) is 103 Å².